The summed E-state index contributed by atoms with van der Waals surface area (Å²) in [5, 5.41) is 0. The lowest BCUT2D eigenvalue weighted by Gasteiger charge is -2.18. The molecule has 1 unspecified atom stereocenters. The summed E-state index contributed by atoms with van der Waals surface area (Å²) in [4.78, 5) is 38.4. The van der Waals surface area contributed by atoms with Gasteiger partial charge in [0.25, 0.3) is 0 Å². The lowest BCUT2D eigenvalue weighted by Crippen LogP contribution is -2.30. The molecule has 0 fully saturated rings. The van der Waals surface area contributed by atoms with Crippen LogP contribution in [-0.4, -0.2) is 37.2 Å². The molecule has 0 aliphatic rings. The Morgan fingerprint density at radius 3 is 0.793 bits per heavy atom. The predicted octanol–water partition coefficient (Wildman–Crippen LogP) is 24.2. The molecule has 0 N–H and O–H groups in total. The van der Waals surface area contributed by atoms with Crippen LogP contribution in [0.15, 0.2) is 109 Å². The largest absolute Gasteiger partial charge is 0.462 e. The first kappa shape index (κ1) is 78.1. The van der Waals surface area contributed by atoms with Crippen molar-refractivity contribution in [2.45, 2.75) is 341 Å². The van der Waals surface area contributed by atoms with Gasteiger partial charge in [-0.05, 0) is 96.3 Å². The van der Waals surface area contributed by atoms with Crippen LogP contribution in [0.25, 0.3) is 0 Å². The van der Waals surface area contributed by atoms with Gasteiger partial charge in [-0.3, -0.25) is 14.4 Å². The molecule has 6 heteroatoms. The number of hydrogen-bond acceptors (Lipinski definition) is 6. The van der Waals surface area contributed by atoms with Gasteiger partial charge in [-0.15, -0.1) is 0 Å². The molecule has 0 spiro atoms. The maximum Gasteiger partial charge on any atom is 0.306 e. The van der Waals surface area contributed by atoms with Crippen LogP contribution in [0.2, 0.25) is 0 Å². The maximum absolute atomic E-state index is 13.0. The molecule has 0 aliphatic heterocycles. The number of carbonyl (C=O) groups excluding carboxylic acids is 3. The molecule has 0 aliphatic carbocycles. The zero-order chi connectivity index (χ0) is 59.2. The van der Waals surface area contributed by atoms with E-state index in [1.54, 1.807) is 0 Å². The van der Waals surface area contributed by atoms with E-state index in [1.165, 1.54) is 186 Å². The van der Waals surface area contributed by atoms with E-state index in [1.807, 2.05) is 0 Å². The number of unbranched alkanes of at least 4 members (excludes halogenated alkanes) is 34. The Kier molecular flexibility index (Phi) is 66.2. The minimum Gasteiger partial charge on any atom is -0.462 e. The molecule has 0 aromatic rings. The van der Waals surface area contributed by atoms with Crippen molar-refractivity contribution in [1.29, 1.82) is 0 Å². The summed E-state index contributed by atoms with van der Waals surface area (Å²) < 4.78 is 16.9. The van der Waals surface area contributed by atoms with Crippen LogP contribution in [-0.2, 0) is 28.6 Å². The highest BCUT2D eigenvalue weighted by atomic mass is 16.6. The normalized spacial score (nSPS) is 12.8. The fourth-order valence-electron chi connectivity index (χ4n) is 9.88. The lowest BCUT2D eigenvalue weighted by atomic mass is 10.0. The number of ether oxygens (including phenoxy) is 3. The van der Waals surface area contributed by atoms with E-state index >= 15 is 0 Å². The average Bonchev–Trinajstić information content (AvgIpc) is 3.47. The highest BCUT2D eigenvalue weighted by molar-refractivity contribution is 5.71. The van der Waals surface area contributed by atoms with Crippen LogP contribution < -0.4 is 0 Å². The smallest absolute Gasteiger partial charge is 0.306 e. The first-order valence-corrected chi connectivity index (χ1v) is 34.9. The first-order chi connectivity index (χ1) is 40.5. The van der Waals surface area contributed by atoms with E-state index in [9.17, 15) is 14.4 Å². The van der Waals surface area contributed by atoms with Gasteiger partial charge in [-0.25, -0.2) is 0 Å². The minimum absolute atomic E-state index is 0.0934. The first-order valence-electron chi connectivity index (χ1n) is 34.9. The Labute approximate surface area is 508 Å². The van der Waals surface area contributed by atoms with E-state index in [0.717, 1.165) is 103 Å². The zero-order valence-corrected chi connectivity index (χ0v) is 54.0. The van der Waals surface area contributed by atoms with E-state index in [2.05, 4.69) is 130 Å². The average molecular weight is 1140 g/mol. The van der Waals surface area contributed by atoms with Crippen LogP contribution in [0.3, 0.4) is 0 Å². The van der Waals surface area contributed by atoms with E-state index in [-0.39, 0.29) is 37.5 Å². The van der Waals surface area contributed by atoms with Crippen LogP contribution >= 0.6 is 0 Å². The molecule has 0 heterocycles. The highest BCUT2D eigenvalue weighted by Gasteiger charge is 2.19. The van der Waals surface area contributed by atoms with Crippen molar-refractivity contribution in [3.63, 3.8) is 0 Å². The topological polar surface area (TPSA) is 78.9 Å². The van der Waals surface area contributed by atoms with Crippen molar-refractivity contribution in [2.24, 2.45) is 0 Å². The Hall–Kier alpha value is -3.93. The fraction of sp³-hybridized carbons (Fsp3) is 0.724. The fourth-order valence-corrected chi connectivity index (χ4v) is 9.88. The molecule has 0 aromatic heterocycles. The SMILES string of the molecule is CC/C=C\C/C=C\C/C=C\C/C=C\C/C=C\CCCC(=O)OCC(COC(=O)CCCCCCCCCCCCCCCC/C=C\C/C=C\C/C=C\C/C=C\CC)OC(=O)CCCCCCCCCCCCCCCCCCCCCC. The quantitative estimate of drug-likeness (QED) is 0.0261. The second-order valence-corrected chi connectivity index (χ2v) is 23.0. The van der Waals surface area contributed by atoms with Crippen molar-refractivity contribution < 1.29 is 28.6 Å². The second kappa shape index (κ2) is 69.6. The van der Waals surface area contributed by atoms with Crippen molar-refractivity contribution in [1.82, 2.24) is 0 Å². The van der Waals surface area contributed by atoms with E-state index in [0.29, 0.717) is 19.3 Å². The molecule has 82 heavy (non-hydrogen) atoms. The highest BCUT2D eigenvalue weighted by Crippen LogP contribution is 2.18. The van der Waals surface area contributed by atoms with Crippen molar-refractivity contribution in [3.05, 3.63) is 109 Å². The predicted molar refractivity (Wildman–Crippen MR) is 357 cm³/mol. The summed E-state index contributed by atoms with van der Waals surface area (Å²) >= 11 is 0. The van der Waals surface area contributed by atoms with Gasteiger partial charge in [0.05, 0.1) is 0 Å². The van der Waals surface area contributed by atoms with Crippen LogP contribution in [0.4, 0.5) is 0 Å². The molecule has 1 atom stereocenters. The van der Waals surface area contributed by atoms with Gasteiger partial charge in [0, 0.05) is 19.3 Å². The standard InChI is InChI=1S/C76H130O6/c1-4-7-10-13-16-19-22-25-28-31-33-35-36-37-38-39-40-41-43-45-48-51-54-57-60-63-66-69-75(78)81-72-73(71-80-74(77)68-65-62-59-56-53-50-47-44-30-27-24-21-18-15-12-9-6-3)82-76(79)70-67-64-61-58-55-52-49-46-42-34-32-29-26-23-20-17-14-11-8-5-2/h7,9-10,12,16,18-19,21,25,27-28,30,33,35,47,50,56,59,73H,4-6,8,11,13-15,17,20,22-24,26,29,31-32,34,36-46,48-49,51-55,57-58,60-72H2,1-3H3/b10-7-,12-9-,19-16-,21-18-,28-25-,30-27-,35-33-,50-47-,59-56-. The van der Waals surface area contributed by atoms with Gasteiger partial charge in [-0.2, -0.15) is 0 Å². The summed E-state index contributed by atoms with van der Waals surface area (Å²) in [6, 6.07) is 0. The van der Waals surface area contributed by atoms with E-state index in [4.69, 9.17) is 14.2 Å². The van der Waals surface area contributed by atoms with Gasteiger partial charge in [0.2, 0.25) is 0 Å². The Bertz CT molecular complexity index is 1640. The third-order valence-electron chi connectivity index (χ3n) is 15.0. The van der Waals surface area contributed by atoms with Crippen molar-refractivity contribution >= 4 is 17.9 Å². The number of esters is 3. The van der Waals surface area contributed by atoms with Crippen LogP contribution in [0.1, 0.15) is 335 Å². The third-order valence-corrected chi connectivity index (χ3v) is 15.0. The lowest BCUT2D eigenvalue weighted by molar-refractivity contribution is -0.167. The molecule has 470 valence electrons. The molecule has 6 nitrogen and oxygen atoms in total. The van der Waals surface area contributed by atoms with Crippen molar-refractivity contribution in [3.8, 4) is 0 Å². The molecule has 0 saturated heterocycles. The molecule has 0 aromatic carbocycles. The Morgan fingerprint density at radius 1 is 0.256 bits per heavy atom. The number of rotatable bonds is 63. The zero-order valence-electron chi connectivity index (χ0n) is 54.0. The Morgan fingerprint density at radius 2 is 0.488 bits per heavy atom. The maximum atomic E-state index is 13.0. The van der Waals surface area contributed by atoms with Crippen molar-refractivity contribution in [2.75, 3.05) is 13.2 Å². The Balaban J connectivity index is 4.36. The van der Waals surface area contributed by atoms with Gasteiger partial charge in [-0.1, -0.05) is 329 Å². The van der Waals surface area contributed by atoms with E-state index < -0.39 is 6.10 Å². The number of hydrogen-bond donors (Lipinski definition) is 0. The van der Waals surface area contributed by atoms with Gasteiger partial charge >= 0.3 is 17.9 Å². The molecule has 0 bridgehead atoms. The van der Waals surface area contributed by atoms with Gasteiger partial charge in [0.1, 0.15) is 13.2 Å². The minimum atomic E-state index is -0.802. The summed E-state index contributed by atoms with van der Waals surface area (Å²) in [6.07, 6.45) is 95.5. The van der Waals surface area contributed by atoms with Gasteiger partial charge < -0.3 is 14.2 Å². The second-order valence-electron chi connectivity index (χ2n) is 23.0. The summed E-state index contributed by atoms with van der Waals surface area (Å²) in [5.41, 5.74) is 0. The van der Waals surface area contributed by atoms with Gasteiger partial charge in [0.15, 0.2) is 6.10 Å². The summed E-state index contributed by atoms with van der Waals surface area (Å²) in [7, 11) is 0. The summed E-state index contributed by atoms with van der Waals surface area (Å²) in [5.74, 6) is -0.939. The summed E-state index contributed by atoms with van der Waals surface area (Å²) in [6.45, 7) is 6.41. The molecule has 0 radical (unpaired) electrons. The molecule has 0 saturated carbocycles. The molecular formula is C76H130O6. The molecular weight excluding hydrogens is 1010 g/mol. The molecule has 0 amide bonds. The number of carbonyl (C=O) groups is 3. The van der Waals surface area contributed by atoms with Crippen LogP contribution in [0.5, 0.6) is 0 Å². The van der Waals surface area contributed by atoms with Crippen LogP contribution in [0, 0.1) is 0 Å². The third kappa shape index (κ3) is 66.9. The number of allylic oxidation sites excluding steroid dienone is 18. The molecule has 0 rings (SSSR count). The monoisotopic (exact) mass is 1140 g/mol.